The molecule has 0 fully saturated rings. The van der Waals surface area contributed by atoms with Crippen molar-refractivity contribution in [1.82, 2.24) is 19.7 Å². The molecular formula is C11H14N4O. The Kier molecular flexibility index (Phi) is 2.85. The summed E-state index contributed by atoms with van der Waals surface area (Å²) in [5, 5.41) is 4.21. The van der Waals surface area contributed by atoms with Crippen molar-refractivity contribution in [2.24, 2.45) is 0 Å². The maximum atomic E-state index is 11.2. The Morgan fingerprint density at radius 3 is 3.00 bits per heavy atom. The van der Waals surface area contributed by atoms with Crippen molar-refractivity contribution in [1.29, 1.82) is 0 Å². The molecule has 0 bridgehead atoms. The minimum absolute atomic E-state index is 0.321. The number of hydrogen-bond acceptors (Lipinski definition) is 3. The Hall–Kier alpha value is -1.91. The Labute approximate surface area is 93.2 Å². The summed E-state index contributed by atoms with van der Waals surface area (Å²) in [6.45, 7) is 4.81. The maximum Gasteiger partial charge on any atom is 0.345 e. The van der Waals surface area contributed by atoms with Gasteiger partial charge < -0.3 is 4.98 Å². The summed E-state index contributed by atoms with van der Waals surface area (Å²) in [6, 6.07) is 1.84. The van der Waals surface area contributed by atoms with Crippen LogP contribution in [0.3, 0.4) is 0 Å². The van der Waals surface area contributed by atoms with E-state index in [2.05, 4.69) is 22.0 Å². The lowest BCUT2D eigenvalue weighted by Gasteiger charge is -1.97. The lowest BCUT2D eigenvalue weighted by atomic mass is 10.2. The van der Waals surface area contributed by atoms with Crippen LogP contribution in [0.4, 0.5) is 0 Å². The summed E-state index contributed by atoms with van der Waals surface area (Å²) < 4.78 is 1.85. The van der Waals surface area contributed by atoms with E-state index in [0.717, 1.165) is 24.2 Å². The lowest BCUT2D eigenvalue weighted by molar-refractivity contribution is 0.603. The molecule has 0 unspecified atom stereocenters. The highest BCUT2D eigenvalue weighted by Gasteiger charge is 2.04. The fraction of sp³-hybridized carbons (Fsp3) is 0.364. The highest BCUT2D eigenvalue weighted by molar-refractivity contribution is 5.56. The van der Waals surface area contributed by atoms with Gasteiger partial charge in [0.05, 0.1) is 11.9 Å². The van der Waals surface area contributed by atoms with Crippen LogP contribution in [-0.4, -0.2) is 19.7 Å². The van der Waals surface area contributed by atoms with Gasteiger partial charge in [-0.15, -0.1) is 0 Å². The van der Waals surface area contributed by atoms with E-state index in [4.69, 9.17) is 0 Å². The van der Waals surface area contributed by atoms with Crippen molar-refractivity contribution in [3.05, 3.63) is 34.6 Å². The number of nitrogens with zero attached hydrogens (tertiary/aromatic N) is 3. The SMILES string of the molecule is CCCn1cc(-c2cc(C)[nH]c(=O)n2)cn1. The fourth-order valence-electron chi connectivity index (χ4n) is 1.57. The van der Waals surface area contributed by atoms with E-state index < -0.39 is 0 Å². The Morgan fingerprint density at radius 1 is 1.50 bits per heavy atom. The van der Waals surface area contributed by atoms with Crippen LogP contribution in [0.2, 0.25) is 0 Å². The molecule has 0 aliphatic carbocycles. The Morgan fingerprint density at radius 2 is 2.31 bits per heavy atom. The summed E-state index contributed by atoms with van der Waals surface area (Å²) >= 11 is 0. The second kappa shape index (κ2) is 4.30. The molecule has 0 saturated heterocycles. The summed E-state index contributed by atoms with van der Waals surface area (Å²) in [4.78, 5) is 17.8. The number of rotatable bonds is 3. The van der Waals surface area contributed by atoms with Gasteiger partial charge in [0.25, 0.3) is 0 Å². The first-order valence-electron chi connectivity index (χ1n) is 5.30. The second-order valence-electron chi connectivity index (χ2n) is 3.75. The minimum atomic E-state index is -0.321. The molecule has 0 atom stereocenters. The van der Waals surface area contributed by atoms with E-state index in [-0.39, 0.29) is 5.69 Å². The molecule has 5 nitrogen and oxygen atoms in total. The normalized spacial score (nSPS) is 10.6. The van der Waals surface area contributed by atoms with E-state index >= 15 is 0 Å². The number of H-pyrrole nitrogens is 1. The van der Waals surface area contributed by atoms with E-state index in [1.807, 2.05) is 23.9 Å². The molecule has 2 aromatic heterocycles. The van der Waals surface area contributed by atoms with Crippen molar-refractivity contribution in [3.8, 4) is 11.3 Å². The van der Waals surface area contributed by atoms with Gasteiger partial charge >= 0.3 is 5.69 Å². The average molecular weight is 218 g/mol. The minimum Gasteiger partial charge on any atom is -0.310 e. The van der Waals surface area contributed by atoms with Gasteiger partial charge in [-0.2, -0.15) is 10.1 Å². The molecule has 2 aromatic rings. The van der Waals surface area contributed by atoms with Crippen LogP contribution in [0.1, 0.15) is 19.0 Å². The predicted molar refractivity (Wildman–Crippen MR) is 61.1 cm³/mol. The molecule has 0 saturated carbocycles. The van der Waals surface area contributed by atoms with Crippen LogP contribution in [-0.2, 0) is 6.54 Å². The van der Waals surface area contributed by atoms with Gasteiger partial charge in [-0.3, -0.25) is 4.68 Å². The molecule has 0 aromatic carbocycles. The summed E-state index contributed by atoms with van der Waals surface area (Å²) in [5.41, 5.74) is 2.03. The predicted octanol–water partition coefficient (Wildman–Crippen LogP) is 1.35. The molecule has 2 rings (SSSR count). The van der Waals surface area contributed by atoms with Crippen molar-refractivity contribution in [3.63, 3.8) is 0 Å². The van der Waals surface area contributed by atoms with Crippen molar-refractivity contribution in [2.75, 3.05) is 0 Å². The van der Waals surface area contributed by atoms with E-state index in [0.29, 0.717) is 5.69 Å². The lowest BCUT2D eigenvalue weighted by Crippen LogP contribution is -2.11. The first kappa shape index (κ1) is 10.6. The van der Waals surface area contributed by atoms with Gasteiger partial charge in [0, 0.05) is 24.0 Å². The van der Waals surface area contributed by atoms with Crippen LogP contribution < -0.4 is 5.69 Å². The third-order valence-corrected chi connectivity index (χ3v) is 2.26. The number of nitrogens with one attached hydrogen (secondary N) is 1. The van der Waals surface area contributed by atoms with Crippen LogP contribution >= 0.6 is 0 Å². The van der Waals surface area contributed by atoms with Gasteiger partial charge in [0.2, 0.25) is 0 Å². The van der Waals surface area contributed by atoms with Gasteiger partial charge in [-0.05, 0) is 19.4 Å². The Balaban J connectivity index is 2.38. The third kappa shape index (κ3) is 2.18. The molecule has 2 heterocycles. The first-order chi connectivity index (χ1) is 7.69. The number of aromatic nitrogens is 4. The highest BCUT2D eigenvalue weighted by atomic mass is 16.1. The summed E-state index contributed by atoms with van der Waals surface area (Å²) in [6.07, 6.45) is 4.67. The Bertz CT molecular complexity index is 541. The fourth-order valence-corrected chi connectivity index (χ4v) is 1.57. The number of hydrogen-bond donors (Lipinski definition) is 1. The van der Waals surface area contributed by atoms with Gasteiger partial charge in [0.15, 0.2) is 0 Å². The van der Waals surface area contributed by atoms with Crippen molar-refractivity contribution in [2.45, 2.75) is 26.8 Å². The van der Waals surface area contributed by atoms with E-state index in [1.54, 1.807) is 6.20 Å². The quantitative estimate of drug-likeness (QED) is 0.845. The summed E-state index contributed by atoms with van der Waals surface area (Å²) in [5.74, 6) is 0. The molecule has 0 spiro atoms. The highest BCUT2D eigenvalue weighted by Crippen LogP contribution is 2.14. The molecule has 16 heavy (non-hydrogen) atoms. The van der Waals surface area contributed by atoms with Gasteiger partial charge in [-0.25, -0.2) is 4.79 Å². The van der Waals surface area contributed by atoms with Crippen LogP contribution in [0, 0.1) is 6.92 Å². The van der Waals surface area contributed by atoms with E-state index in [1.165, 1.54) is 0 Å². The van der Waals surface area contributed by atoms with Crippen molar-refractivity contribution >= 4 is 0 Å². The molecule has 0 aliphatic rings. The largest absolute Gasteiger partial charge is 0.345 e. The van der Waals surface area contributed by atoms with Gasteiger partial charge in [0.1, 0.15) is 0 Å². The third-order valence-electron chi connectivity index (χ3n) is 2.26. The van der Waals surface area contributed by atoms with Gasteiger partial charge in [-0.1, -0.05) is 6.92 Å². The second-order valence-corrected chi connectivity index (χ2v) is 3.75. The number of aromatic amines is 1. The van der Waals surface area contributed by atoms with Crippen LogP contribution in [0.5, 0.6) is 0 Å². The summed E-state index contributed by atoms with van der Waals surface area (Å²) in [7, 11) is 0. The van der Waals surface area contributed by atoms with Crippen molar-refractivity contribution < 1.29 is 0 Å². The molecule has 0 radical (unpaired) electrons. The molecule has 84 valence electrons. The molecule has 1 N–H and O–H groups in total. The monoisotopic (exact) mass is 218 g/mol. The van der Waals surface area contributed by atoms with Crippen LogP contribution in [0.25, 0.3) is 11.3 Å². The number of aryl methyl sites for hydroxylation is 2. The smallest absolute Gasteiger partial charge is 0.310 e. The topological polar surface area (TPSA) is 63.6 Å². The average Bonchev–Trinajstić information content (AvgIpc) is 2.65. The maximum absolute atomic E-state index is 11.2. The molecule has 0 amide bonds. The zero-order chi connectivity index (χ0) is 11.5. The molecular weight excluding hydrogens is 204 g/mol. The van der Waals surface area contributed by atoms with Crippen LogP contribution in [0.15, 0.2) is 23.3 Å². The zero-order valence-corrected chi connectivity index (χ0v) is 9.40. The molecule has 0 aliphatic heterocycles. The molecule has 5 heteroatoms. The zero-order valence-electron chi connectivity index (χ0n) is 9.40. The first-order valence-corrected chi connectivity index (χ1v) is 5.30. The van der Waals surface area contributed by atoms with E-state index in [9.17, 15) is 4.79 Å². The standard InChI is InChI=1S/C11H14N4O/c1-3-4-15-7-9(6-12-15)10-5-8(2)13-11(16)14-10/h5-7H,3-4H2,1-2H3,(H,13,14,16).